The number of nitriles is 2. The van der Waals surface area contributed by atoms with E-state index in [0.29, 0.717) is 33.9 Å². The third-order valence-corrected chi connectivity index (χ3v) is 23.0. The summed E-state index contributed by atoms with van der Waals surface area (Å²) in [5, 5.41) is 35.4. The van der Waals surface area contributed by atoms with Gasteiger partial charge in [-0.1, -0.05) is 291 Å². The molecule has 4 aromatic heterocycles. The molecule has 0 radical (unpaired) electrons. The SMILES string of the molecule is C=CCc1cccc(-c2ccc3c(c2)c2cc(-c4ccccc4)ccc2n3-c2c(C#N)c(-n3c4ccc(-c5ccccc5)cc4c4cc(-c5ccccc5)ccc43)c(-n3c4ccc(-c5ccccc5)cc4c4cc(-c5ccccc5)ccc43)c(C#N)c2-n2c3ccc(-c4ccccc4)cc3c3cc(-c4ccccc4)ccc32)c1. The van der Waals surface area contributed by atoms with Crippen LogP contribution in [0.25, 0.3) is 199 Å². The standard InChI is InChI=1S/C107H68N6/c1-2-25-69-26-24-41-77(58-69)85-49-57-103-93(66-85)92-65-84(76-39-22-9-23-40-76)48-56-102(92)113(103)107-95(68-109)105(111-98-52-44-80(72-31-14-5-15-32-72)61-88(98)89-62-81(45-53-99(89)111)73-33-16-6-17-34-73)104(110-96-50-42-78(70-27-10-3-11-28-70)59-86(96)87-60-79(43-51-97(87)110)71-29-12-4-13-30-71)94(67-108)106(107)112-100-54-46-82(74-35-18-7-19-36-74)63-90(100)91-64-83(47-55-101(91)112)75-37-20-8-21-38-75/h2-24,26-66H,1,25H2. The Morgan fingerprint density at radius 3 is 0.566 bits per heavy atom. The molecule has 0 saturated heterocycles. The maximum atomic E-state index is 13.8. The molecular formula is C107H68N6. The lowest BCUT2D eigenvalue weighted by Gasteiger charge is -2.27. The first-order valence-corrected chi connectivity index (χ1v) is 38.4. The molecule has 0 amide bonds. The van der Waals surface area contributed by atoms with E-state index in [0.717, 1.165) is 183 Å². The Morgan fingerprint density at radius 2 is 0.381 bits per heavy atom. The highest BCUT2D eigenvalue weighted by molar-refractivity contribution is 6.18. The van der Waals surface area contributed by atoms with Crippen LogP contribution in [0.1, 0.15) is 16.7 Å². The highest BCUT2D eigenvalue weighted by Crippen LogP contribution is 2.52. The van der Waals surface area contributed by atoms with Crippen molar-refractivity contribution < 1.29 is 0 Å². The summed E-state index contributed by atoms with van der Waals surface area (Å²) >= 11 is 0. The van der Waals surface area contributed by atoms with E-state index in [1.54, 1.807) is 0 Å². The Bertz CT molecular complexity index is 6700. The third-order valence-electron chi connectivity index (χ3n) is 23.0. The molecule has 0 N–H and O–H groups in total. The normalized spacial score (nSPS) is 11.6. The van der Waals surface area contributed by atoms with E-state index in [-0.39, 0.29) is 0 Å². The molecule has 6 heteroatoms. The van der Waals surface area contributed by atoms with Crippen molar-refractivity contribution in [2.75, 3.05) is 0 Å². The molecule has 0 saturated carbocycles. The van der Waals surface area contributed by atoms with Gasteiger partial charge in [-0.25, -0.2) is 0 Å². The molecule has 0 aliphatic carbocycles. The Labute approximate surface area is 653 Å². The van der Waals surface area contributed by atoms with Crippen LogP contribution in [-0.2, 0) is 6.42 Å². The van der Waals surface area contributed by atoms with E-state index < -0.39 is 0 Å². The summed E-state index contributed by atoms with van der Waals surface area (Å²) < 4.78 is 9.30. The number of rotatable bonds is 14. The van der Waals surface area contributed by atoms with Gasteiger partial charge in [0.05, 0.1) is 66.9 Å². The minimum absolute atomic E-state index is 0.354. The summed E-state index contributed by atoms with van der Waals surface area (Å²) in [4.78, 5) is 0. The number of allylic oxidation sites excluding steroid dienone is 1. The summed E-state index contributed by atoms with van der Waals surface area (Å²) in [5.74, 6) is 0. The van der Waals surface area contributed by atoms with Crippen molar-refractivity contribution >= 4 is 87.2 Å². The lowest BCUT2D eigenvalue weighted by molar-refractivity contribution is 1.02. The predicted octanol–water partition coefficient (Wildman–Crippen LogP) is 27.9. The van der Waals surface area contributed by atoms with Crippen molar-refractivity contribution in [2.24, 2.45) is 0 Å². The lowest BCUT2D eigenvalue weighted by Crippen LogP contribution is -2.16. The van der Waals surface area contributed by atoms with Gasteiger partial charge in [-0.3, -0.25) is 0 Å². The zero-order chi connectivity index (χ0) is 75.2. The molecule has 0 unspecified atom stereocenters. The Kier molecular flexibility index (Phi) is 15.8. The van der Waals surface area contributed by atoms with Crippen molar-refractivity contribution in [3.8, 4) is 124 Å². The maximum Gasteiger partial charge on any atom is 0.104 e. The second-order valence-electron chi connectivity index (χ2n) is 29.3. The molecule has 0 atom stereocenters. The van der Waals surface area contributed by atoms with Gasteiger partial charge in [-0.05, 0) is 198 Å². The molecule has 0 aliphatic rings. The second kappa shape index (κ2) is 27.1. The van der Waals surface area contributed by atoms with Crippen molar-refractivity contribution in [2.45, 2.75) is 6.42 Å². The number of benzene rings is 17. The average Bonchev–Trinajstić information content (AvgIpc) is 1.54. The van der Waals surface area contributed by atoms with Crippen LogP contribution >= 0.6 is 0 Å². The molecule has 0 bridgehead atoms. The van der Waals surface area contributed by atoms with Crippen molar-refractivity contribution in [1.82, 2.24) is 18.3 Å². The van der Waals surface area contributed by atoms with E-state index >= 15 is 0 Å². The van der Waals surface area contributed by atoms with E-state index in [4.69, 9.17) is 0 Å². The first kappa shape index (κ1) is 65.9. The van der Waals surface area contributed by atoms with Gasteiger partial charge in [0.2, 0.25) is 0 Å². The summed E-state index contributed by atoms with van der Waals surface area (Å²) in [6.07, 6.45) is 2.68. The molecular weight excluding hydrogens is 1370 g/mol. The van der Waals surface area contributed by atoms with Gasteiger partial charge in [-0.2, -0.15) is 10.5 Å². The fraction of sp³-hybridized carbons (Fsp3) is 0.00935. The number of nitrogens with zero attached hydrogens (tertiary/aromatic N) is 6. The Hall–Kier alpha value is -15.3. The van der Waals surface area contributed by atoms with Gasteiger partial charge in [0.25, 0.3) is 0 Å². The summed E-state index contributed by atoms with van der Waals surface area (Å²) in [5.41, 5.74) is 27.9. The van der Waals surface area contributed by atoms with Crippen LogP contribution in [0.15, 0.2) is 395 Å². The number of hydrogen-bond acceptors (Lipinski definition) is 2. The van der Waals surface area contributed by atoms with Gasteiger partial charge in [0.15, 0.2) is 0 Å². The van der Waals surface area contributed by atoms with Crippen molar-refractivity contribution in [3.63, 3.8) is 0 Å². The molecule has 0 spiro atoms. The highest BCUT2D eigenvalue weighted by atomic mass is 15.1. The molecule has 113 heavy (non-hydrogen) atoms. The van der Waals surface area contributed by atoms with E-state index in [1.807, 2.05) is 6.08 Å². The predicted molar refractivity (Wildman–Crippen MR) is 471 cm³/mol. The quantitative estimate of drug-likeness (QED) is 0.102. The zero-order valence-electron chi connectivity index (χ0n) is 61.5. The molecule has 0 fully saturated rings. The monoisotopic (exact) mass is 1440 g/mol. The van der Waals surface area contributed by atoms with E-state index in [1.165, 1.54) is 5.56 Å². The third kappa shape index (κ3) is 10.9. The van der Waals surface area contributed by atoms with Crippen LogP contribution in [0.2, 0.25) is 0 Å². The molecule has 21 rings (SSSR count). The van der Waals surface area contributed by atoms with Crippen LogP contribution in [0.5, 0.6) is 0 Å². The number of aromatic nitrogens is 4. The summed E-state index contributed by atoms with van der Waals surface area (Å²) in [6.45, 7) is 4.12. The van der Waals surface area contributed by atoms with E-state index in [2.05, 4.69) is 419 Å². The molecule has 6 nitrogen and oxygen atoms in total. The Morgan fingerprint density at radius 1 is 0.204 bits per heavy atom. The zero-order valence-corrected chi connectivity index (χ0v) is 61.5. The van der Waals surface area contributed by atoms with Gasteiger partial charge >= 0.3 is 0 Å². The lowest BCUT2D eigenvalue weighted by atomic mass is 9.98. The van der Waals surface area contributed by atoms with Crippen molar-refractivity contribution in [3.05, 3.63) is 412 Å². The van der Waals surface area contributed by atoms with Crippen molar-refractivity contribution in [1.29, 1.82) is 10.5 Å². The van der Waals surface area contributed by atoms with Gasteiger partial charge in [0.1, 0.15) is 23.3 Å². The van der Waals surface area contributed by atoms with Crippen LogP contribution in [0, 0.1) is 22.7 Å². The Balaban J connectivity index is 0.999. The highest BCUT2D eigenvalue weighted by Gasteiger charge is 2.36. The van der Waals surface area contributed by atoms with Gasteiger partial charge in [-0.15, -0.1) is 6.58 Å². The van der Waals surface area contributed by atoms with Crippen LogP contribution in [0.3, 0.4) is 0 Å². The van der Waals surface area contributed by atoms with Gasteiger partial charge < -0.3 is 18.3 Å². The second-order valence-corrected chi connectivity index (χ2v) is 29.3. The number of hydrogen-bond donors (Lipinski definition) is 0. The first-order valence-electron chi connectivity index (χ1n) is 38.4. The average molecular weight is 1440 g/mol. The maximum absolute atomic E-state index is 13.8. The van der Waals surface area contributed by atoms with E-state index in [9.17, 15) is 10.5 Å². The molecule has 0 aliphatic heterocycles. The van der Waals surface area contributed by atoms with Crippen LogP contribution in [-0.4, -0.2) is 18.3 Å². The molecule has 21 aromatic rings. The largest absolute Gasteiger partial charge is 0.306 e. The number of fused-ring (bicyclic) bond motifs is 12. The summed E-state index contributed by atoms with van der Waals surface area (Å²) in [7, 11) is 0. The minimum Gasteiger partial charge on any atom is -0.306 e. The molecule has 4 heterocycles. The minimum atomic E-state index is 0.354. The van der Waals surface area contributed by atoms with Crippen LogP contribution < -0.4 is 0 Å². The van der Waals surface area contributed by atoms with Gasteiger partial charge in [0, 0.05) is 43.1 Å². The first-order chi connectivity index (χ1) is 55.9. The van der Waals surface area contributed by atoms with Crippen LogP contribution in [0.4, 0.5) is 0 Å². The fourth-order valence-electron chi connectivity index (χ4n) is 17.7. The smallest absolute Gasteiger partial charge is 0.104 e. The molecule has 526 valence electrons. The fourth-order valence-corrected chi connectivity index (χ4v) is 17.7. The summed E-state index contributed by atoms with van der Waals surface area (Å²) in [6, 6.07) is 143. The topological polar surface area (TPSA) is 67.3 Å². The molecule has 17 aromatic carbocycles.